The number of nitrogens with zero attached hydrogens (tertiary/aromatic N) is 5. The number of carbonyl (C=O) groups excluding carboxylic acids is 1. The number of hydrogen-bond acceptors (Lipinski definition) is 6. The average Bonchev–Trinajstić information content (AvgIpc) is 3.20. The molecule has 2 saturated heterocycles. The largest absolute Gasteiger partial charge is 0.390 e. The first kappa shape index (κ1) is 21.1. The number of aliphatic hydroxyl groups is 1. The van der Waals surface area contributed by atoms with Crippen LogP contribution in [0.25, 0.3) is 11.0 Å². The van der Waals surface area contributed by atoms with Gasteiger partial charge in [0.2, 0.25) is 0 Å². The van der Waals surface area contributed by atoms with Crippen LogP contribution in [0.15, 0.2) is 48.5 Å². The van der Waals surface area contributed by atoms with Gasteiger partial charge in [0.25, 0.3) is 5.91 Å². The number of aryl methyl sites for hydroxylation is 1. The Labute approximate surface area is 192 Å². The molecule has 7 nitrogen and oxygen atoms in total. The number of piperazine rings is 1. The predicted octanol–water partition coefficient (Wildman–Crippen LogP) is 2.60. The molecule has 5 rings (SSSR count). The van der Waals surface area contributed by atoms with Crippen molar-refractivity contribution in [3.63, 3.8) is 0 Å². The molecule has 2 fully saturated rings. The lowest BCUT2D eigenvalue weighted by Crippen LogP contribution is -2.54. The van der Waals surface area contributed by atoms with E-state index >= 15 is 0 Å². The van der Waals surface area contributed by atoms with Crippen molar-refractivity contribution in [1.82, 2.24) is 19.8 Å². The van der Waals surface area contributed by atoms with Gasteiger partial charge >= 0.3 is 0 Å². The van der Waals surface area contributed by atoms with Gasteiger partial charge in [0.05, 0.1) is 28.9 Å². The molecule has 2 atom stereocenters. The van der Waals surface area contributed by atoms with Crippen LogP contribution in [0.4, 0.5) is 5.82 Å². The summed E-state index contributed by atoms with van der Waals surface area (Å²) in [6.07, 6.45) is -0.471. The second-order valence-electron chi connectivity index (χ2n) is 8.50. The van der Waals surface area contributed by atoms with E-state index in [4.69, 9.17) is 21.6 Å². The summed E-state index contributed by atoms with van der Waals surface area (Å²) >= 11 is 5.93. The van der Waals surface area contributed by atoms with Gasteiger partial charge in [-0.25, -0.2) is 9.97 Å². The van der Waals surface area contributed by atoms with Crippen molar-refractivity contribution in [3.8, 4) is 0 Å². The quantitative estimate of drug-likeness (QED) is 0.660. The summed E-state index contributed by atoms with van der Waals surface area (Å²) in [6.45, 7) is 5.94. The lowest BCUT2D eigenvalue weighted by atomic mass is 10.1. The van der Waals surface area contributed by atoms with Crippen molar-refractivity contribution in [1.29, 1.82) is 0 Å². The Bertz CT molecular complexity index is 1130. The fourth-order valence-corrected chi connectivity index (χ4v) is 4.84. The van der Waals surface area contributed by atoms with Gasteiger partial charge in [-0.3, -0.25) is 9.69 Å². The van der Waals surface area contributed by atoms with Gasteiger partial charge in [0, 0.05) is 49.9 Å². The lowest BCUT2D eigenvalue weighted by Gasteiger charge is -2.38. The Morgan fingerprint density at radius 3 is 2.31 bits per heavy atom. The van der Waals surface area contributed by atoms with E-state index in [1.165, 1.54) is 0 Å². The van der Waals surface area contributed by atoms with Crippen LogP contribution < -0.4 is 4.90 Å². The number of hydrogen-bond donors (Lipinski definition) is 1. The Morgan fingerprint density at radius 2 is 1.62 bits per heavy atom. The van der Waals surface area contributed by atoms with E-state index in [2.05, 4.69) is 9.80 Å². The summed E-state index contributed by atoms with van der Waals surface area (Å²) in [5.41, 5.74) is 3.27. The number of benzene rings is 2. The summed E-state index contributed by atoms with van der Waals surface area (Å²) in [7, 11) is 0. The smallest absolute Gasteiger partial charge is 0.253 e. The first-order chi connectivity index (χ1) is 15.5. The minimum absolute atomic E-state index is 0.00968. The monoisotopic (exact) mass is 451 g/mol. The van der Waals surface area contributed by atoms with Crippen LogP contribution in [0, 0.1) is 6.92 Å². The highest BCUT2D eigenvalue weighted by Crippen LogP contribution is 2.26. The minimum Gasteiger partial charge on any atom is -0.390 e. The zero-order valence-electron chi connectivity index (χ0n) is 18.0. The average molecular weight is 452 g/mol. The molecule has 0 aliphatic carbocycles. The topological polar surface area (TPSA) is 72.8 Å². The van der Waals surface area contributed by atoms with Crippen LogP contribution >= 0.6 is 11.6 Å². The summed E-state index contributed by atoms with van der Waals surface area (Å²) in [4.78, 5) is 28.6. The number of β-amino-alcohol motifs (C(OH)–C–C–N with tert-alkyl or cyclic N) is 1. The maximum absolute atomic E-state index is 12.8. The molecule has 0 radical (unpaired) electrons. The van der Waals surface area contributed by atoms with Gasteiger partial charge in [-0.2, -0.15) is 0 Å². The van der Waals surface area contributed by atoms with Crippen LogP contribution in [0.1, 0.15) is 16.1 Å². The Hall–Kier alpha value is -2.74. The van der Waals surface area contributed by atoms with Crippen molar-refractivity contribution in [2.75, 3.05) is 44.2 Å². The molecule has 166 valence electrons. The number of fused-ring (bicyclic) bond motifs is 1. The molecule has 32 heavy (non-hydrogen) atoms. The van der Waals surface area contributed by atoms with Crippen molar-refractivity contribution < 1.29 is 9.90 Å². The Balaban J connectivity index is 1.25. The van der Waals surface area contributed by atoms with Gasteiger partial charge < -0.3 is 14.9 Å². The molecule has 0 spiro atoms. The predicted molar refractivity (Wildman–Crippen MR) is 125 cm³/mol. The maximum atomic E-state index is 12.8. The molecule has 2 aliphatic heterocycles. The van der Waals surface area contributed by atoms with Gasteiger partial charge in [-0.1, -0.05) is 23.7 Å². The highest BCUT2D eigenvalue weighted by molar-refractivity contribution is 6.30. The third-order valence-corrected chi connectivity index (χ3v) is 6.69. The number of halogens is 1. The molecule has 0 bridgehead atoms. The number of anilines is 1. The molecule has 8 heteroatoms. The fourth-order valence-electron chi connectivity index (χ4n) is 4.71. The number of aromatic nitrogens is 2. The molecule has 2 unspecified atom stereocenters. The van der Waals surface area contributed by atoms with Gasteiger partial charge in [0.1, 0.15) is 0 Å². The van der Waals surface area contributed by atoms with Crippen LogP contribution in [0.5, 0.6) is 0 Å². The number of carbonyl (C=O) groups is 1. The maximum Gasteiger partial charge on any atom is 0.253 e. The second-order valence-corrected chi connectivity index (χ2v) is 8.93. The first-order valence-corrected chi connectivity index (χ1v) is 11.3. The summed E-state index contributed by atoms with van der Waals surface area (Å²) in [5.74, 6) is 0.860. The van der Waals surface area contributed by atoms with E-state index < -0.39 is 6.10 Å². The number of aliphatic hydroxyl groups excluding tert-OH is 1. The molecule has 2 aliphatic rings. The molecule has 1 amide bonds. The van der Waals surface area contributed by atoms with Crippen molar-refractivity contribution >= 4 is 34.4 Å². The second kappa shape index (κ2) is 8.65. The molecule has 3 heterocycles. The molecular formula is C24H26ClN5O2. The normalized spacial score (nSPS) is 22.0. The number of amides is 1. The lowest BCUT2D eigenvalue weighted by molar-refractivity contribution is 0.0376. The summed E-state index contributed by atoms with van der Waals surface area (Å²) in [6, 6.07) is 14.9. The molecule has 3 aromatic rings. The Kier molecular flexibility index (Phi) is 5.71. The third kappa shape index (κ3) is 4.03. The van der Waals surface area contributed by atoms with Gasteiger partial charge in [-0.05, 0) is 43.3 Å². The van der Waals surface area contributed by atoms with Gasteiger partial charge in [0.15, 0.2) is 5.82 Å². The van der Waals surface area contributed by atoms with E-state index in [1.807, 2.05) is 36.1 Å². The van der Waals surface area contributed by atoms with Crippen LogP contribution in [0.3, 0.4) is 0 Å². The summed E-state index contributed by atoms with van der Waals surface area (Å²) in [5, 5.41) is 11.5. The third-order valence-electron chi connectivity index (χ3n) is 6.44. The van der Waals surface area contributed by atoms with Crippen molar-refractivity contribution in [2.45, 2.75) is 19.1 Å². The SMILES string of the molecule is Cc1nc2ccccc2nc1N1CC(O)C(N2CCN(C(=O)c3ccc(Cl)cc3)CC2)C1. The van der Waals surface area contributed by atoms with E-state index in [1.54, 1.807) is 24.3 Å². The number of rotatable bonds is 3. The van der Waals surface area contributed by atoms with E-state index in [0.29, 0.717) is 36.8 Å². The molecule has 1 N–H and O–H groups in total. The van der Waals surface area contributed by atoms with E-state index in [0.717, 1.165) is 35.6 Å². The minimum atomic E-state index is -0.471. The van der Waals surface area contributed by atoms with E-state index in [-0.39, 0.29) is 11.9 Å². The summed E-state index contributed by atoms with van der Waals surface area (Å²) < 4.78 is 0. The fraction of sp³-hybridized carbons (Fsp3) is 0.375. The van der Waals surface area contributed by atoms with Crippen LogP contribution in [0.2, 0.25) is 5.02 Å². The number of para-hydroxylation sites is 2. The molecule has 1 aromatic heterocycles. The zero-order chi connectivity index (χ0) is 22.2. The zero-order valence-corrected chi connectivity index (χ0v) is 18.7. The van der Waals surface area contributed by atoms with Gasteiger partial charge in [-0.15, -0.1) is 0 Å². The standard InChI is InChI=1S/C24H26ClN5O2/c1-16-23(27-20-5-3-2-4-19(20)26-16)30-14-21(22(31)15-30)28-10-12-29(13-11-28)24(32)17-6-8-18(25)9-7-17/h2-9,21-22,31H,10-15H2,1H3. The van der Waals surface area contributed by atoms with Crippen LogP contribution in [-0.4, -0.2) is 82.2 Å². The van der Waals surface area contributed by atoms with Crippen molar-refractivity contribution in [3.05, 3.63) is 64.8 Å². The highest BCUT2D eigenvalue weighted by Gasteiger charge is 2.38. The molecule has 2 aromatic carbocycles. The molecule has 0 saturated carbocycles. The van der Waals surface area contributed by atoms with E-state index in [9.17, 15) is 9.90 Å². The molecular weight excluding hydrogens is 426 g/mol. The van der Waals surface area contributed by atoms with Crippen molar-refractivity contribution in [2.24, 2.45) is 0 Å². The Morgan fingerprint density at radius 1 is 0.969 bits per heavy atom. The van der Waals surface area contributed by atoms with Crippen LogP contribution in [-0.2, 0) is 0 Å². The first-order valence-electron chi connectivity index (χ1n) is 10.9. The highest BCUT2D eigenvalue weighted by atomic mass is 35.5.